The molecule has 0 radical (unpaired) electrons. The first kappa shape index (κ1) is 12.1. The van der Waals surface area contributed by atoms with Crippen molar-refractivity contribution in [2.24, 2.45) is 5.73 Å². The van der Waals surface area contributed by atoms with Crippen LogP contribution in [0.5, 0.6) is 0 Å². The molecule has 0 aliphatic carbocycles. The minimum Gasteiger partial charge on any atom is -0.329 e. The van der Waals surface area contributed by atoms with Crippen LogP contribution in [0.15, 0.2) is 47.1 Å². The summed E-state index contributed by atoms with van der Waals surface area (Å²) >= 11 is 3.50. The Morgan fingerprint density at radius 1 is 1.24 bits per heavy atom. The van der Waals surface area contributed by atoms with Gasteiger partial charge in [0.15, 0.2) is 0 Å². The van der Waals surface area contributed by atoms with Gasteiger partial charge in [-0.05, 0) is 45.8 Å². The van der Waals surface area contributed by atoms with Gasteiger partial charge in [0, 0.05) is 25.5 Å². The minimum atomic E-state index is 0.567. The van der Waals surface area contributed by atoms with Crippen LogP contribution >= 0.6 is 15.9 Å². The summed E-state index contributed by atoms with van der Waals surface area (Å²) < 4.78 is 0.977. The first-order valence-electron chi connectivity index (χ1n) is 5.35. The smallest absolute Gasteiger partial charge is 0.147 e. The van der Waals surface area contributed by atoms with Crippen LogP contribution in [0.3, 0.4) is 0 Å². The predicted octanol–water partition coefficient (Wildman–Crippen LogP) is 3.07. The molecule has 0 saturated carbocycles. The zero-order valence-corrected chi connectivity index (χ0v) is 11.2. The van der Waals surface area contributed by atoms with Gasteiger partial charge in [0.25, 0.3) is 0 Å². The Bertz CT molecular complexity index is 496. The second kappa shape index (κ2) is 5.29. The van der Waals surface area contributed by atoms with Crippen LogP contribution in [0.1, 0.15) is 5.56 Å². The third-order valence-electron chi connectivity index (χ3n) is 2.62. The van der Waals surface area contributed by atoms with Crippen molar-refractivity contribution in [2.75, 3.05) is 11.9 Å². The van der Waals surface area contributed by atoms with E-state index >= 15 is 0 Å². The van der Waals surface area contributed by atoms with Crippen LogP contribution in [0.4, 0.5) is 11.5 Å². The molecule has 0 spiro atoms. The first-order valence-corrected chi connectivity index (χ1v) is 6.15. The standard InChI is InChI=1S/C13H14BrN3/c1-17(13-12(14)3-2-8-16-13)11-6-4-10(9-15)5-7-11/h2-8H,9,15H2,1H3. The van der Waals surface area contributed by atoms with Gasteiger partial charge in [0.2, 0.25) is 0 Å². The molecule has 17 heavy (non-hydrogen) atoms. The van der Waals surface area contributed by atoms with Crippen molar-refractivity contribution in [1.29, 1.82) is 0 Å². The van der Waals surface area contributed by atoms with Crippen molar-refractivity contribution in [3.63, 3.8) is 0 Å². The molecular weight excluding hydrogens is 278 g/mol. The first-order chi connectivity index (χ1) is 8.22. The third kappa shape index (κ3) is 2.65. The Balaban J connectivity index is 2.30. The lowest BCUT2D eigenvalue weighted by Gasteiger charge is -2.19. The van der Waals surface area contributed by atoms with Crippen molar-refractivity contribution in [3.8, 4) is 0 Å². The molecule has 2 rings (SSSR count). The lowest BCUT2D eigenvalue weighted by atomic mass is 10.2. The average molecular weight is 292 g/mol. The third-order valence-corrected chi connectivity index (χ3v) is 3.24. The highest BCUT2D eigenvalue weighted by Crippen LogP contribution is 2.28. The van der Waals surface area contributed by atoms with Crippen LogP contribution in [0.2, 0.25) is 0 Å². The van der Waals surface area contributed by atoms with Crippen LogP contribution in [-0.2, 0) is 6.54 Å². The quantitative estimate of drug-likeness (QED) is 0.945. The molecule has 4 heteroatoms. The van der Waals surface area contributed by atoms with E-state index in [1.165, 1.54) is 0 Å². The van der Waals surface area contributed by atoms with Gasteiger partial charge in [0.05, 0.1) is 4.47 Å². The molecule has 0 atom stereocenters. The summed E-state index contributed by atoms with van der Waals surface area (Å²) in [6.45, 7) is 0.567. The zero-order chi connectivity index (χ0) is 12.3. The van der Waals surface area contributed by atoms with Crippen LogP contribution in [0.25, 0.3) is 0 Å². The number of nitrogens with two attached hydrogens (primary N) is 1. The summed E-state index contributed by atoms with van der Waals surface area (Å²) in [5.74, 6) is 0.896. The van der Waals surface area contributed by atoms with Gasteiger partial charge in [-0.1, -0.05) is 12.1 Å². The van der Waals surface area contributed by atoms with Crippen LogP contribution < -0.4 is 10.6 Å². The molecule has 0 bridgehead atoms. The maximum atomic E-state index is 5.58. The number of pyridine rings is 1. The molecule has 0 unspecified atom stereocenters. The largest absolute Gasteiger partial charge is 0.329 e. The van der Waals surface area contributed by atoms with Gasteiger partial charge >= 0.3 is 0 Å². The lowest BCUT2D eigenvalue weighted by Crippen LogP contribution is -2.11. The normalized spacial score (nSPS) is 10.3. The van der Waals surface area contributed by atoms with E-state index in [9.17, 15) is 0 Å². The Labute approximate surface area is 109 Å². The molecule has 3 nitrogen and oxygen atoms in total. The number of aromatic nitrogens is 1. The number of anilines is 2. The molecule has 1 heterocycles. The summed E-state index contributed by atoms with van der Waals surface area (Å²) in [4.78, 5) is 6.38. The Kier molecular flexibility index (Phi) is 3.76. The summed E-state index contributed by atoms with van der Waals surface area (Å²) in [6.07, 6.45) is 1.78. The number of hydrogen-bond acceptors (Lipinski definition) is 3. The Morgan fingerprint density at radius 2 is 1.94 bits per heavy atom. The summed E-state index contributed by atoms with van der Waals surface area (Å²) in [6, 6.07) is 12.0. The fourth-order valence-corrected chi connectivity index (χ4v) is 2.12. The van der Waals surface area contributed by atoms with Gasteiger partial charge in [-0.3, -0.25) is 0 Å². The number of benzene rings is 1. The van der Waals surface area contributed by atoms with Crippen molar-refractivity contribution in [2.45, 2.75) is 6.54 Å². The fourth-order valence-electron chi connectivity index (χ4n) is 1.60. The van der Waals surface area contributed by atoms with E-state index < -0.39 is 0 Å². The number of nitrogens with zero attached hydrogens (tertiary/aromatic N) is 2. The van der Waals surface area contributed by atoms with E-state index in [1.807, 2.05) is 48.3 Å². The van der Waals surface area contributed by atoms with Crippen molar-refractivity contribution in [1.82, 2.24) is 4.98 Å². The molecule has 0 amide bonds. The molecule has 88 valence electrons. The van der Waals surface area contributed by atoms with Crippen LogP contribution in [-0.4, -0.2) is 12.0 Å². The maximum absolute atomic E-state index is 5.58. The van der Waals surface area contributed by atoms with E-state index in [0.717, 1.165) is 21.5 Å². The van der Waals surface area contributed by atoms with Crippen molar-refractivity contribution < 1.29 is 0 Å². The Morgan fingerprint density at radius 3 is 2.53 bits per heavy atom. The number of halogens is 1. The lowest BCUT2D eigenvalue weighted by molar-refractivity contribution is 1.06. The second-order valence-electron chi connectivity index (χ2n) is 3.74. The van der Waals surface area contributed by atoms with Gasteiger partial charge in [0.1, 0.15) is 5.82 Å². The molecule has 2 aromatic rings. The summed E-state index contributed by atoms with van der Waals surface area (Å²) in [5, 5.41) is 0. The summed E-state index contributed by atoms with van der Waals surface area (Å²) in [5.41, 5.74) is 7.79. The highest BCUT2D eigenvalue weighted by molar-refractivity contribution is 9.10. The fraction of sp³-hybridized carbons (Fsp3) is 0.154. The molecular formula is C13H14BrN3. The van der Waals surface area contributed by atoms with Crippen molar-refractivity contribution in [3.05, 3.63) is 52.6 Å². The van der Waals surface area contributed by atoms with Gasteiger partial charge in [-0.15, -0.1) is 0 Å². The SMILES string of the molecule is CN(c1ccc(CN)cc1)c1ncccc1Br. The van der Waals surface area contributed by atoms with E-state index in [2.05, 4.69) is 20.9 Å². The molecule has 2 N–H and O–H groups in total. The van der Waals surface area contributed by atoms with Gasteiger partial charge in [-0.2, -0.15) is 0 Å². The molecule has 0 aliphatic rings. The summed E-state index contributed by atoms with van der Waals surface area (Å²) in [7, 11) is 1.99. The minimum absolute atomic E-state index is 0.567. The number of hydrogen-bond donors (Lipinski definition) is 1. The molecule has 1 aromatic carbocycles. The topological polar surface area (TPSA) is 42.1 Å². The monoisotopic (exact) mass is 291 g/mol. The second-order valence-corrected chi connectivity index (χ2v) is 4.59. The molecule has 1 aromatic heterocycles. The number of rotatable bonds is 3. The zero-order valence-electron chi connectivity index (χ0n) is 9.60. The van der Waals surface area contributed by atoms with Crippen LogP contribution in [0, 0.1) is 0 Å². The van der Waals surface area contributed by atoms with Crippen molar-refractivity contribution >= 4 is 27.4 Å². The highest BCUT2D eigenvalue weighted by atomic mass is 79.9. The Hall–Kier alpha value is -1.39. The van der Waals surface area contributed by atoms with E-state index in [0.29, 0.717) is 6.54 Å². The predicted molar refractivity (Wildman–Crippen MR) is 74.3 cm³/mol. The van der Waals surface area contributed by atoms with E-state index in [1.54, 1.807) is 6.20 Å². The maximum Gasteiger partial charge on any atom is 0.147 e. The van der Waals surface area contributed by atoms with Gasteiger partial charge < -0.3 is 10.6 Å². The van der Waals surface area contributed by atoms with E-state index in [4.69, 9.17) is 5.73 Å². The molecule has 0 aliphatic heterocycles. The highest BCUT2D eigenvalue weighted by Gasteiger charge is 2.08. The van der Waals surface area contributed by atoms with E-state index in [-0.39, 0.29) is 0 Å². The average Bonchev–Trinajstić information content (AvgIpc) is 2.39. The van der Waals surface area contributed by atoms with Gasteiger partial charge in [-0.25, -0.2) is 4.98 Å². The molecule has 0 fully saturated rings. The molecule has 0 saturated heterocycles.